The van der Waals surface area contributed by atoms with E-state index in [0.29, 0.717) is 44.2 Å². The summed E-state index contributed by atoms with van der Waals surface area (Å²) >= 11 is 6.37. The molecule has 2 saturated heterocycles. The van der Waals surface area contributed by atoms with Crippen molar-refractivity contribution >= 4 is 28.7 Å². The van der Waals surface area contributed by atoms with E-state index >= 15 is 0 Å². The van der Waals surface area contributed by atoms with Gasteiger partial charge in [0.1, 0.15) is 5.71 Å². The number of rotatable bonds is 7. The number of halogens is 6. The molecule has 212 valence electrons. The van der Waals surface area contributed by atoms with Gasteiger partial charge in [0.15, 0.2) is 0 Å². The Bertz CT molecular complexity index is 1170. The number of hydrogen-bond donors (Lipinski definition) is 1. The molecule has 2 aliphatic rings. The van der Waals surface area contributed by atoms with Crippen LogP contribution in [0.2, 0.25) is 5.02 Å². The van der Waals surface area contributed by atoms with Crippen molar-refractivity contribution in [3.8, 4) is 11.1 Å². The minimum Gasteiger partial charge on any atom is -0.404 e. The first-order valence-corrected chi connectivity index (χ1v) is 13.4. The maximum absolute atomic E-state index is 13.6. The molecule has 1 atom stereocenters. The first-order valence-electron chi connectivity index (χ1n) is 13.0. The number of nitrogens with zero attached hydrogens (tertiary/aromatic N) is 4. The molecule has 4 rings (SSSR count). The number of hydrogen-bond acceptors (Lipinski definition) is 5. The molecule has 2 N–H and O–H groups in total. The molecule has 1 unspecified atom stereocenters. The Hall–Kier alpha value is -2.85. The Morgan fingerprint density at radius 3 is 2.36 bits per heavy atom. The highest BCUT2D eigenvalue weighted by molar-refractivity contribution is 6.31. The largest absolute Gasteiger partial charge is 0.404 e. The molecule has 2 aromatic carbocycles. The number of piperazine rings is 1. The summed E-state index contributed by atoms with van der Waals surface area (Å²) in [6.45, 7) is 3.63. The van der Waals surface area contributed by atoms with Gasteiger partial charge in [-0.25, -0.2) is 8.78 Å². The number of anilines is 2. The van der Waals surface area contributed by atoms with Gasteiger partial charge in [0.2, 0.25) is 0 Å². The fourth-order valence-electron chi connectivity index (χ4n) is 5.17. The lowest BCUT2D eigenvalue weighted by molar-refractivity contribution is -0.146. The zero-order valence-corrected chi connectivity index (χ0v) is 22.5. The number of piperidine rings is 1. The minimum atomic E-state index is -4.19. The summed E-state index contributed by atoms with van der Waals surface area (Å²) in [5, 5.41) is 0.572. The molecule has 0 aliphatic carbocycles. The van der Waals surface area contributed by atoms with E-state index in [0.717, 1.165) is 41.7 Å². The highest BCUT2D eigenvalue weighted by Crippen LogP contribution is 2.36. The van der Waals surface area contributed by atoms with Gasteiger partial charge in [0.05, 0.1) is 12.6 Å². The van der Waals surface area contributed by atoms with E-state index in [1.807, 2.05) is 42.5 Å². The van der Waals surface area contributed by atoms with Gasteiger partial charge < -0.3 is 15.5 Å². The Labute approximate surface area is 230 Å². The van der Waals surface area contributed by atoms with Gasteiger partial charge in [-0.05, 0) is 61.4 Å². The number of benzene rings is 2. The third-order valence-electron chi connectivity index (χ3n) is 7.20. The van der Waals surface area contributed by atoms with Crippen LogP contribution in [0.15, 0.2) is 59.2 Å². The van der Waals surface area contributed by atoms with Crippen LogP contribution in [0.25, 0.3) is 11.1 Å². The van der Waals surface area contributed by atoms with Crippen molar-refractivity contribution in [2.75, 3.05) is 55.6 Å². The maximum atomic E-state index is 13.6. The SMILES string of the molecule is CC(=CN)C(=NC1CCCN(c2cc(Cl)ccc2-c2ccc(N3CCN(CC(F)(F)F)CC3)cc2)C1)C(F)F. The summed E-state index contributed by atoms with van der Waals surface area (Å²) in [6.07, 6.45) is -4.24. The van der Waals surface area contributed by atoms with Crippen molar-refractivity contribution in [3.05, 3.63) is 59.3 Å². The van der Waals surface area contributed by atoms with Crippen molar-refractivity contribution in [3.63, 3.8) is 0 Å². The molecule has 0 spiro atoms. The van der Waals surface area contributed by atoms with Gasteiger partial charge in [-0.1, -0.05) is 29.8 Å². The fraction of sp³-hybridized carbons (Fsp3) is 0.464. The van der Waals surface area contributed by atoms with Crippen LogP contribution >= 0.6 is 11.6 Å². The molecule has 2 fully saturated rings. The number of alkyl halides is 5. The summed E-state index contributed by atoms with van der Waals surface area (Å²) in [5.41, 5.74) is 9.25. The van der Waals surface area contributed by atoms with E-state index < -0.39 is 19.1 Å². The summed E-state index contributed by atoms with van der Waals surface area (Å²) in [6, 6.07) is 13.3. The van der Waals surface area contributed by atoms with E-state index in [4.69, 9.17) is 17.3 Å². The van der Waals surface area contributed by atoms with E-state index in [1.54, 1.807) is 0 Å². The first kappa shape index (κ1) is 29.1. The highest BCUT2D eigenvalue weighted by Gasteiger charge is 2.32. The van der Waals surface area contributed by atoms with Gasteiger partial charge in [0.25, 0.3) is 6.43 Å². The number of aliphatic imine (C=N–C) groups is 1. The molecule has 2 heterocycles. The van der Waals surface area contributed by atoms with E-state index in [1.165, 1.54) is 11.8 Å². The minimum absolute atomic E-state index is 0.271. The molecule has 11 heteroatoms. The van der Waals surface area contributed by atoms with Crippen LogP contribution in [0.3, 0.4) is 0 Å². The average Bonchev–Trinajstić information content (AvgIpc) is 2.91. The quantitative estimate of drug-likeness (QED) is 0.317. The number of allylic oxidation sites excluding steroid dienone is 1. The fourth-order valence-corrected chi connectivity index (χ4v) is 5.34. The molecule has 0 bridgehead atoms. The molecule has 0 amide bonds. The molecular formula is C28H33ClF5N5. The Balaban J connectivity index is 1.51. The van der Waals surface area contributed by atoms with Gasteiger partial charge in [-0.2, -0.15) is 13.2 Å². The third-order valence-corrected chi connectivity index (χ3v) is 7.43. The molecule has 39 heavy (non-hydrogen) atoms. The van der Waals surface area contributed by atoms with Crippen molar-refractivity contribution in [1.82, 2.24) is 4.90 Å². The first-order chi connectivity index (χ1) is 18.5. The Kier molecular flexibility index (Phi) is 9.38. The zero-order valence-electron chi connectivity index (χ0n) is 21.8. The summed E-state index contributed by atoms with van der Waals surface area (Å²) in [7, 11) is 0. The lowest BCUT2D eigenvalue weighted by Crippen LogP contribution is -2.49. The summed E-state index contributed by atoms with van der Waals surface area (Å²) < 4.78 is 65.3. The Morgan fingerprint density at radius 1 is 1.05 bits per heavy atom. The molecular weight excluding hydrogens is 537 g/mol. The predicted octanol–water partition coefficient (Wildman–Crippen LogP) is 6.23. The van der Waals surface area contributed by atoms with E-state index in [2.05, 4.69) is 14.8 Å². The van der Waals surface area contributed by atoms with E-state index in [-0.39, 0.29) is 17.3 Å². The average molecular weight is 570 g/mol. The van der Waals surface area contributed by atoms with Crippen molar-refractivity contribution in [2.24, 2.45) is 10.7 Å². The second-order valence-electron chi connectivity index (χ2n) is 9.99. The second-order valence-corrected chi connectivity index (χ2v) is 10.4. The summed E-state index contributed by atoms with van der Waals surface area (Å²) in [5.74, 6) is 0. The zero-order chi connectivity index (χ0) is 28.2. The van der Waals surface area contributed by atoms with Crippen molar-refractivity contribution in [2.45, 2.75) is 38.4 Å². The van der Waals surface area contributed by atoms with Crippen LogP contribution in [-0.4, -0.2) is 75.1 Å². The molecule has 2 aliphatic heterocycles. The van der Waals surface area contributed by atoms with Gasteiger partial charge in [0, 0.05) is 61.2 Å². The maximum Gasteiger partial charge on any atom is 0.401 e. The topological polar surface area (TPSA) is 48.1 Å². The van der Waals surface area contributed by atoms with Gasteiger partial charge in [-0.3, -0.25) is 9.89 Å². The van der Waals surface area contributed by atoms with Crippen LogP contribution in [0.4, 0.5) is 33.3 Å². The van der Waals surface area contributed by atoms with Crippen LogP contribution in [0, 0.1) is 0 Å². The lowest BCUT2D eigenvalue weighted by atomic mass is 9.99. The Morgan fingerprint density at radius 2 is 1.74 bits per heavy atom. The van der Waals surface area contributed by atoms with Gasteiger partial charge in [-0.15, -0.1) is 0 Å². The lowest BCUT2D eigenvalue weighted by Gasteiger charge is -2.36. The molecule has 2 aromatic rings. The van der Waals surface area contributed by atoms with Crippen LogP contribution in [0.5, 0.6) is 0 Å². The third kappa shape index (κ3) is 7.63. The molecule has 0 radical (unpaired) electrons. The standard InChI is InChI=1S/C28H33ClF5N5/c1-19(16-35)26(27(30)31)36-22-3-2-10-39(17-22)25-15-21(29)6-9-24(25)20-4-7-23(8-5-20)38-13-11-37(12-14-38)18-28(32,33)34/h4-9,15-16,22,27H,2-3,10-14,17-18,35H2,1H3. The van der Waals surface area contributed by atoms with Crippen LogP contribution in [-0.2, 0) is 0 Å². The molecule has 0 saturated carbocycles. The van der Waals surface area contributed by atoms with Crippen LogP contribution in [0.1, 0.15) is 19.8 Å². The smallest absolute Gasteiger partial charge is 0.401 e. The summed E-state index contributed by atoms with van der Waals surface area (Å²) in [4.78, 5) is 10.0. The highest BCUT2D eigenvalue weighted by atomic mass is 35.5. The number of nitrogens with two attached hydrogens (primary N) is 1. The monoisotopic (exact) mass is 569 g/mol. The second kappa shape index (κ2) is 12.6. The van der Waals surface area contributed by atoms with E-state index in [9.17, 15) is 22.0 Å². The molecule has 5 nitrogen and oxygen atoms in total. The normalized spacial score (nSPS) is 20.2. The van der Waals surface area contributed by atoms with Crippen molar-refractivity contribution in [1.29, 1.82) is 0 Å². The predicted molar refractivity (Wildman–Crippen MR) is 148 cm³/mol. The van der Waals surface area contributed by atoms with Gasteiger partial charge >= 0.3 is 6.18 Å². The molecule has 0 aromatic heterocycles. The van der Waals surface area contributed by atoms with Crippen LogP contribution < -0.4 is 15.5 Å². The van der Waals surface area contributed by atoms with Crippen molar-refractivity contribution < 1.29 is 22.0 Å².